The van der Waals surface area contributed by atoms with Crippen molar-refractivity contribution in [3.05, 3.63) is 57.0 Å². The molecule has 0 bridgehead atoms. The fourth-order valence-electron chi connectivity index (χ4n) is 6.09. The van der Waals surface area contributed by atoms with E-state index in [-0.39, 0.29) is 22.9 Å². The number of carbonyl (C=O) groups is 3. The van der Waals surface area contributed by atoms with Gasteiger partial charge in [0.05, 0.1) is 33.3 Å². The van der Waals surface area contributed by atoms with Crippen molar-refractivity contribution in [3.8, 4) is 0 Å². The molecule has 4 atom stereocenters. The zero-order valence-corrected chi connectivity index (χ0v) is 18.3. The summed E-state index contributed by atoms with van der Waals surface area (Å²) in [6.45, 7) is 0.638. The molecule has 31 heavy (non-hydrogen) atoms. The molecule has 1 spiro atoms. The van der Waals surface area contributed by atoms with Gasteiger partial charge in [-0.25, -0.2) is 4.90 Å². The first-order chi connectivity index (χ1) is 14.9. The smallest absolute Gasteiger partial charge is 0.250 e. The average Bonchev–Trinajstić information content (AvgIpc) is 3.42. The molecule has 0 unspecified atom stereocenters. The van der Waals surface area contributed by atoms with E-state index < -0.39 is 23.3 Å². The number of carbonyl (C=O) groups excluding carboxylic acids is 3. The lowest BCUT2D eigenvalue weighted by Gasteiger charge is -2.36. The molecule has 3 saturated heterocycles. The minimum atomic E-state index is -1.26. The van der Waals surface area contributed by atoms with Crippen LogP contribution in [0.15, 0.2) is 36.4 Å². The quantitative estimate of drug-likeness (QED) is 0.630. The van der Waals surface area contributed by atoms with Gasteiger partial charge in [-0.1, -0.05) is 46.9 Å². The number of rotatable bonds is 1. The van der Waals surface area contributed by atoms with Crippen LogP contribution in [0.2, 0.25) is 15.1 Å². The molecule has 0 saturated carbocycles. The number of benzene rings is 2. The first kappa shape index (κ1) is 19.6. The molecule has 4 heterocycles. The summed E-state index contributed by atoms with van der Waals surface area (Å²) < 4.78 is 0. The summed E-state index contributed by atoms with van der Waals surface area (Å²) in [6, 6.07) is 9.76. The molecule has 3 amide bonds. The zero-order valence-electron chi connectivity index (χ0n) is 16.1. The number of hydrogen-bond acceptors (Lipinski definition) is 4. The Morgan fingerprint density at radius 3 is 2.58 bits per heavy atom. The third-order valence-electron chi connectivity index (χ3n) is 7.13. The van der Waals surface area contributed by atoms with Crippen LogP contribution in [0.4, 0.5) is 11.4 Å². The minimum Gasteiger partial charge on any atom is -0.323 e. The Morgan fingerprint density at radius 2 is 1.81 bits per heavy atom. The molecule has 6 rings (SSSR count). The molecule has 1 N–H and O–H groups in total. The Kier molecular flexibility index (Phi) is 4.07. The van der Waals surface area contributed by atoms with Crippen LogP contribution in [-0.2, 0) is 19.9 Å². The maximum atomic E-state index is 13.8. The molecule has 0 radical (unpaired) electrons. The van der Waals surface area contributed by atoms with E-state index in [1.807, 2.05) is 6.07 Å². The van der Waals surface area contributed by atoms with E-state index in [2.05, 4.69) is 10.2 Å². The Hall–Kier alpha value is -2.12. The van der Waals surface area contributed by atoms with Gasteiger partial charge in [-0.15, -0.1) is 0 Å². The highest BCUT2D eigenvalue weighted by atomic mass is 35.5. The minimum absolute atomic E-state index is 0.201. The van der Waals surface area contributed by atoms with Gasteiger partial charge in [0.15, 0.2) is 0 Å². The van der Waals surface area contributed by atoms with Crippen LogP contribution in [-0.4, -0.2) is 35.2 Å². The summed E-state index contributed by atoms with van der Waals surface area (Å²) >= 11 is 18.7. The molecule has 6 nitrogen and oxygen atoms in total. The van der Waals surface area contributed by atoms with Gasteiger partial charge in [0.25, 0.3) is 5.91 Å². The van der Waals surface area contributed by atoms with Crippen LogP contribution in [0, 0.1) is 11.8 Å². The summed E-state index contributed by atoms with van der Waals surface area (Å²) in [5, 5.41) is 3.93. The zero-order chi connectivity index (χ0) is 21.7. The molecule has 4 aliphatic heterocycles. The van der Waals surface area contributed by atoms with Gasteiger partial charge in [0.1, 0.15) is 5.54 Å². The van der Waals surface area contributed by atoms with E-state index in [9.17, 15) is 14.4 Å². The Balaban J connectivity index is 1.57. The Labute approximate surface area is 193 Å². The largest absolute Gasteiger partial charge is 0.323 e. The van der Waals surface area contributed by atoms with Crippen molar-refractivity contribution in [1.82, 2.24) is 4.90 Å². The fraction of sp³-hybridized carbons (Fsp3) is 0.318. The number of hydrogen-bond donors (Lipinski definition) is 1. The van der Waals surface area contributed by atoms with Gasteiger partial charge in [-0.05, 0) is 43.7 Å². The first-order valence-electron chi connectivity index (χ1n) is 10.1. The van der Waals surface area contributed by atoms with Crippen LogP contribution in [0.1, 0.15) is 18.4 Å². The van der Waals surface area contributed by atoms with Crippen molar-refractivity contribution >= 4 is 63.9 Å². The Bertz CT molecular complexity index is 1200. The molecule has 0 aliphatic carbocycles. The van der Waals surface area contributed by atoms with Crippen LogP contribution in [0.3, 0.4) is 0 Å². The van der Waals surface area contributed by atoms with Crippen molar-refractivity contribution in [1.29, 1.82) is 0 Å². The van der Waals surface area contributed by atoms with Crippen LogP contribution in [0.25, 0.3) is 0 Å². The van der Waals surface area contributed by atoms with Gasteiger partial charge >= 0.3 is 0 Å². The Morgan fingerprint density at radius 1 is 1.00 bits per heavy atom. The monoisotopic (exact) mass is 475 g/mol. The molecule has 2 aromatic rings. The molecule has 9 heteroatoms. The van der Waals surface area contributed by atoms with Crippen LogP contribution < -0.4 is 10.2 Å². The molecular formula is C22H16Cl3N3O3. The highest BCUT2D eigenvalue weighted by Crippen LogP contribution is 2.61. The first-order valence-corrected chi connectivity index (χ1v) is 11.2. The predicted octanol–water partition coefficient (Wildman–Crippen LogP) is 4.08. The fourth-order valence-corrected chi connectivity index (χ4v) is 6.81. The number of para-hydroxylation sites is 1. The predicted molar refractivity (Wildman–Crippen MR) is 117 cm³/mol. The van der Waals surface area contributed by atoms with Gasteiger partial charge < -0.3 is 5.32 Å². The topological polar surface area (TPSA) is 69.7 Å². The average molecular weight is 477 g/mol. The third-order valence-corrected chi connectivity index (χ3v) is 7.98. The maximum absolute atomic E-state index is 13.8. The lowest BCUT2D eigenvalue weighted by Crippen LogP contribution is -2.54. The molecule has 3 fully saturated rings. The van der Waals surface area contributed by atoms with Crippen molar-refractivity contribution in [3.63, 3.8) is 0 Å². The number of nitrogens with zero attached hydrogens (tertiary/aromatic N) is 2. The lowest BCUT2D eigenvalue weighted by atomic mass is 9.75. The second-order valence-electron chi connectivity index (χ2n) is 8.40. The van der Waals surface area contributed by atoms with E-state index in [4.69, 9.17) is 34.8 Å². The molecule has 4 aliphatic rings. The molecule has 0 aromatic heterocycles. The van der Waals surface area contributed by atoms with E-state index in [1.54, 1.807) is 24.3 Å². The van der Waals surface area contributed by atoms with E-state index in [1.165, 1.54) is 6.07 Å². The van der Waals surface area contributed by atoms with Crippen LogP contribution in [0.5, 0.6) is 0 Å². The summed E-state index contributed by atoms with van der Waals surface area (Å²) in [5.74, 6) is -2.53. The van der Waals surface area contributed by atoms with E-state index >= 15 is 0 Å². The molecule has 2 aromatic carbocycles. The van der Waals surface area contributed by atoms with Crippen molar-refractivity contribution in [2.75, 3.05) is 16.8 Å². The van der Waals surface area contributed by atoms with Crippen molar-refractivity contribution < 1.29 is 14.4 Å². The molecule has 158 valence electrons. The summed E-state index contributed by atoms with van der Waals surface area (Å²) in [7, 11) is 0. The highest BCUT2D eigenvalue weighted by molar-refractivity contribution is 6.39. The summed E-state index contributed by atoms with van der Waals surface area (Å²) in [6.07, 6.45) is 1.59. The number of nitrogens with one attached hydrogen (secondary N) is 1. The van der Waals surface area contributed by atoms with Gasteiger partial charge in [0, 0.05) is 16.6 Å². The maximum Gasteiger partial charge on any atom is 0.250 e. The summed E-state index contributed by atoms with van der Waals surface area (Å²) in [5.41, 5.74) is 0.213. The molecular weight excluding hydrogens is 461 g/mol. The number of anilines is 2. The normalized spacial score (nSPS) is 31.4. The van der Waals surface area contributed by atoms with Crippen molar-refractivity contribution in [2.45, 2.75) is 24.4 Å². The van der Waals surface area contributed by atoms with Gasteiger partial charge in [-0.3, -0.25) is 19.3 Å². The van der Waals surface area contributed by atoms with E-state index in [0.717, 1.165) is 17.7 Å². The number of fused-ring (bicyclic) bond motifs is 7. The number of halogens is 3. The van der Waals surface area contributed by atoms with Gasteiger partial charge in [0.2, 0.25) is 11.8 Å². The van der Waals surface area contributed by atoms with E-state index in [0.29, 0.717) is 33.5 Å². The lowest BCUT2D eigenvalue weighted by molar-refractivity contribution is -0.135. The third kappa shape index (κ3) is 2.26. The second-order valence-corrected chi connectivity index (χ2v) is 9.65. The van der Waals surface area contributed by atoms with Gasteiger partial charge in [-0.2, -0.15) is 0 Å². The van der Waals surface area contributed by atoms with Crippen LogP contribution >= 0.6 is 34.8 Å². The SMILES string of the molecule is O=C1[C@H]2[C@H]3CCCN3[C@]3(C(=O)Nc4c(Cl)cccc43)[C@H]2C(=O)N1c1ccc(Cl)cc1Cl. The highest BCUT2D eigenvalue weighted by Gasteiger charge is 2.74. The standard InChI is InChI=1S/C22H16Cl3N3O3/c23-10-6-7-14(13(25)9-10)28-19(29)16-15-5-2-8-27(15)22(17(16)20(28)30)11-3-1-4-12(24)18(11)26-21(22)31/h1,3-4,6-7,9,15-17H,2,5,8H2,(H,26,31)/t15-,16+,17-,22+/m1/s1. The second kappa shape index (κ2) is 6.45. The van der Waals surface area contributed by atoms with Crippen molar-refractivity contribution in [2.24, 2.45) is 11.8 Å². The number of amides is 3. The number of imide groups is 1. The summed E-state index contributed by atoms with van der Waals surface area (Å²) in [4.78, 5) is 44.2.